The van der Waals surface area contributed by atoms with Gasteiger partial charge in [0.15, 0.2) is 11.5 Å². The number of hydrogen-bond acceptors (Lipinski definition) is 4. The van der Waals surface area contributed by atoms with E-state index >= 15 is 0 Å². The van der Waals surface area contributed by atoms with Crippen molar-refractivity contribution in [1.82, 2.24) is 5.16 Å². The molecule has 0 aliphatic rings. The molecule has 1 aromatic carbocycles. The van der Waals surface area contributed by atoms with Gasteiger partial charge in [0.25, 0.3) is 0 Å². The van der Waals surface area contributed by atoms with Crippen molar-refractivity contribution < 1.29 is 14.0 Å². The highest BCUT2D eigenvalue weighted by molar-refractivity contribution is 5.39. The van der Waals surface area contributed by atoms with Crippen LogP contribution >= 0.6 is 0 Å². The van der Waals surface area contributed by atoms with Gasteiger partial charge in [-0.2, -0.15) is 0 Å². The molecule has 1 heterocycles. The molecule has 0 unspecified atom stereocenters. The lowest BCUT2D eigenvalue weighted by atomic mass is 10.2. The van der Waals surface area contributed by atoms with Crippen LogP contribution in [-0.4, -0.2) is 12.3 Å². The fourth-order valence-electron chi connectivity index (χ4n) is 1.60. The molecule has 0 saturated carbocycles. The van der Waals surface area contributed by atoms with Gasteiger partial charge >= 0.3 is 0 Å². The zero-order valence-electron chi connectivity index (χ0n) is 10.2. The lowest BCUT2D eigenvalue weighted by molar-refractivity contribution is 0.281. The van der Waals surface area contributed by atoms with E-state index in [-0.39, 0.29) is 0 Å². The Labute approximate surface area is 100 Å². The van der Waals surface area contributed by atoms with Gasteiger partial charge in [-0.15, -0.1) is 0 Å². The van der Waals surface area contributed by atoms with Crippen LogP contribution in [0.25, 0.3) is 0 Å². The Kier molecular flexibility index (Phi) is 3.32. The predicted molar refractivity (Wildman–Crippen MR) is 63.3 cm³/mol. The molecular formula is C13H15NO3. The second-order valence-corrected chi connectivity index (χ2v) is 3.74. The fourth-order valence-corrected chi connectivity index (χ4v) is 1.60. The molecular weight excluding hydrogens is 218 g/mol. The first-order chi connectivity index (χ1) is 8.22. The van der Waals surface area contributed by atoms with Gasteiger partial charge in [-0.25, -0.2) is 0 Å². The topological polar surface area (TPSA) is 44.5 Å². The summed E-state index contributed by atoms with van der Waals surface area (Å²) in [4.78, 5) is 0. The average Bonchev–Trinajstić information content (AvgIpc) is 2.67. The average molecular weight is 233 g/mol. The summed E-state index contributed by atoms with van der Waals surface area (Å²) in [6.45, 7) is 4.21. The monoisotopic (exact) mass is 233 g/mol. The van der Waals surface area contributed by atoms with Crippen LogP contribution in [0.15, 0.2) is 28.8 Å². The van der Waals surface area contributed by atoms with Crippen molar-refractivity contribution >= 4 is 0 Å². The first-order valence-corrected chi connectivity index (χ1v) is 5.40. The SMILES string of the molecule is COc1ccccc1OCc1c(C)noc1C. The van der Waals surface area contributed by atoms with Crippen LogP contribution in [0.3, 0.4) is 0 Å². The van der Waals surface area contributed by atoms with E-state index < -0.39 is 0 Å². The van der Waals surface area contributed by atoms with Crippen molar-refractivity contribution in [3.05, 3.63) is 41.3 Å². The summed E-state index contributed by atoms with van der Waals surface area (Å²) in [5.41, 5.74) is 1.84. The molecule has 1 aromatic heterocycles. The van der Waals surface area contributed by atoms with E-state index in [0.29, 0.717) is 6.61 Å². The van der Waals surface area contributed by atoms with E-state index in [9.17, 15) is 0 Å². The number of para-hydroxylation sites is 2. The van der Waals surface area contributed by atoms with Crippen LogP contribution in [0.5, 0.6) is 11.5 Å². The van der Waals surface area contributed by atoms with Crippen LogP contribution in [0.2, 0.25) is 0 Å². The summed E-state index contributed by atoms with van der Waals surface area (Å²) < 4.78 is 16.0. The minimum atomic E-state index is 0.432. The van der Waals surface area contributed by atoms with Gasteiger partial charge in [0.1, 0.15) is 12.4 Å². The van der Waals surface area contributed by atoms with E-state index in [2.05, 4.69) is 5.16 Å². The van der Waals surface area contributed by atoms with E-state index in [1.54, 1.807) is 7.11 Å². The number of ether oxygens (including phenoxy) is 2. The number of aromatic nitrogens is 1. The Morgan fingerprint density at radius 2 is 1.88 bits per heavy atom. The Balaban J connectivity index is 2.12. The molecule has 0 amide bonds. The van der Waals surface area contributed by atoms with Gasteiger partial charge in [-0.05, 0) is 26.0 Å². The second kappa shape index (κ2) is 4.91. The van der Waals surface area contributed by atoms with Gasteiger partial charge in [-0.1, -0.05) is 17.3 Å². The molecule has 2 rings (SSSR count). The molecule has 90 valence electrons. The molecule has 0 fully saturated rings. The maximum Gasteiger partial charge on any atom is 0.161 e. The second-order valence-electron chi connectivity index (χ2n) is 3.74. The summed E-state index contributed by atoms with van der Waals surface area (Å²) in [7, 11) is 1.62. The largest absolute Gasteiger partial charge is 0.493 e. The third-order valence-corrected chi connectivity index (χ3v) is 2.62. The van der Waals surface area contributed by atoms with Crippen molar-refractivity contribution in [2.24, 2.45) is 0 Å². The molecule has 4 nitrogen and oxygen atoms in total. The normalized spacial score (nSPS) is 10.3. The minimum Gasteiger partial charge on any atom is -0.493 e. The number of benzene rings is 1. The number of rotatable bonds is 4. The van der Waals surface area contributed by atoms with E-state index in [1.165, 1.54) is 0 Å². The molecule has 0 atom stereocenters. The zero-order valence-corrected chi connectivity index (χ0v) is 10.2. The standard InChI is InChI=1S/C13H15NO3/c1-9-11(10(2)17-14-9)8-16-13-7-5-4-6-12(13)15-3/h4-7H,8H2,1-3H3. The van der Waals surface area contributed by atoms with Gasteiger partial charge in [0.05, 0.1) is 18.4 Å². The summed E-state index contributed by atoms with van der Waals surface area (Å²) in [5.74, 6) is 2.23. The molecule has 0 radical (unpaired) electrons. The van der Waals surface area contributed by atoms with Crippen LogP contribution < -0.4 is 9.47 Å². The minimum absolute atomic E-state index is 0.432. The molecule has 0 aliphatic heterocycles. The molecule has 4 heteroatoms. The number of hydrogen-bond donors (Lipinski definition) is 0. The molecule has 2 aromatic rings. The van der Waals surface area contributed by atoms with Gasteiger partial charge < -0.3 is 14.0 Å². The van der Waals surface area contributed by atoms with Gasteiger partial charge in [0.2, 0.25) is 0 Å². The zero-order chi connectivity index (χ0) is 12.3. The molecule has 0 spiro atoms. The van der Waals surface area contributed by atoms with Crippen molar-refractivity contribution in [2.45, 2.75) is 20.5 Å². The predicted octanol–water partition coefficient (Wildman–Crippen LogP) is 2.88. The van der Waals surface area contributed by atoms with Crippen LogP contribution in [0, 0.1) is 13.8 Å². The quantitative estimate of drug-likeness (QED) is 0.814. The van der Waals surface area contributed by atoms with E-state index in [0.717, 1.165) is 28.5 Å². The lowest BCUT2D eigenvalue weighted by Crippen LogP contribution is -1.99. The summed E-state index contributed by atoms with van der Waals surface area (Å²) in [6, 6.07) is 7.55. The fraction of sp³-hybridized carbons (Fsp3) is 0.308. The maximum absolute atomic E-state index is 5.71. The maximum atomic E-state index is 5.71. The first kappa shape index (κ1) is 11.5. The van der Waals surface area contributed by atoms with Crippen molar-refractivity contribution in [2.75, 3.05) is 7.11 Å². The van der Waals surface area contributed by atoms with Crippen LogP contribution in [0.4, 0.5) is 0 Å². The highest BCUT2D eigenvalue weighted by Gasteiger charge is 2.10. The van der Waals surface area contributed by atoms with Gasteiger partial charge in [-0.3, -0.25) is 0 Å². The third-order valence-electron chi connectivity index (χ3n) is 2.62. The number of nitrogens with zero attached hydrogens (tertiary/aromatic N) is 1. The lowest BCUT2D eigenvalue weighted by Gasteiger charge is -2.09. The van der Waals surface area contributed by atoms with Crippen LogP contribution in [-0.2, 0) is 6.61 Å². The van der Waals surface area contributed by atoms with Crippen molar-refractivity contribution in [1.29, 1.82) is 0 Å². The Morgan fingerprint density at radius 1 is 1.18 bits per heavy atom. The van der Waals surface area contributed by atoms with Crippen molar-refractivity contribution in [3.8, 4) is 11.5 Å². The Morgan fingerprint density at radius 3 is 2.47 bits per heavy atom. The van der Waals surface area contributed by atoms with Crippen molar-refractivity contribution in [3.63, 3.8) is 0 Å². The van der Waals surface area contributed by atoms with Gasteiger partial charge in [0, 0.05) is 0 Å². The summed E-state index contributed by atoms with van der Waals surface area (Å²) in [5, 5.41) is 3.88. The smallest absolute Gasteiger partial charge is 0.161 e. The van der Waals surface area contributed by atoms with Crippen LogP contribution in [0.1, 0.15) is 17.0 Å². The number of aryl methyl sites for hydroxylation is 2. The highest BCUT2D eigenvalue weighted by atomic mass is 16.5. The molecule has 0 bridgehead atoms. The molecule has 0 saturated heterocycles. The Bertz CT molecular complexity index is 486. The van der Waals surface area contributed by atoms with E-state index in [1.807, 2.05) is 38.1 Å². The Hall–Kier alpha value is -1.97. The third kappa shape index (κ3) is 2.41. The summed E-state index contributed by atoms with van der Waals surface area (Å²) in [6.07, 6.45) is 0. The molecule has 0 N–H and O–H groups in total. The summed E-state index contributed by atoms with van der Waals surface area (Å²) >= 11 is 0. The molecule has 0 aliphatic carbocycles. The highest BCUT2D eigenvalue weighted by Crippen LogP contribution is 2.27. The first-order valence-electron chi connectivity index (χ1n) is 5.40. The molecule has 17 heavy (non-hydrogen) atoms. The van der Waals surface area contributed by atoms with E-state index in [4.69, 9.17) is 14.0 Å². The number of methoxy groups -OCH3 is 1.